The first-order valence-electron chi connectivity index (χ1n) is 6.00. The van der Waals surface area contributed by atoms with Crippen LogP contribution in [0.4, 0.5) is 4.79 Å². The van der Waals surface area contributed by atoms with Gasteiger partial charge in [-0.3, -0.25) is 19.8 Å². The number of amides is 3. The van der Waals surface area contributed by atoms with Crippen molar-refractivity contribution in [3.05, 3.63) is 0 Å². The molecule has 0 aliphatic carbocycles. The Morgan fingerprint density at radius 3 is 2.72 bits per heavy atom. The van der Waals surface area contributed by atoms with E-state index in [1.807, 2.05) is 5.32 Å². The fraction of sp³-hybridized carbons (Fsp3) is 0.727. The van der Waals surface area contributed by atoms with Crippen LogP contribution in [0.1, 0.15) is 26.7 Å². The molecule has 3 N–H and O–H groups in total. The van der Waals surface area contributed by atoms with Crippen molar-refractivity contribution >= 4 is 17.9 Å². The van der Waals surface area contributed by atoms with Gasteiger partial charge in [-0.1, -0.05) is 0 Å². The topological polar surface area (TPSA) is 102 Å². The maximum absolute atomic E-state index is 11.7. The lowest BCUT2D eigenvalue weighted by Crippen LogP contribution is -2.51. The maximum Gasteiger partial charge on any atom is 0.323 e. The molecule has 1 rings (SSSR count). The highest BCUT2D eigenvalue weighted by molar-refractivity contribution is 5.96. The normalized spacial score (nSPS) is 21.3. The average Bonchev–Trinajstić information content (AvgIpc) is 2.76. The molecule has 2 unspecified atom stereocenters. The lowest BCUT2D eigenvalue weighted by atomic mass is 10.2. The van der Waals surface area contributed by atoms with Gasteiger partial charge < -0.3 is 10.5 Å². The zero-order valence-corrected chi connectivity index (χ0v) is 10.6. The van der Waals surface area contributed by atoms with Crippen LogP contribution >= 0.6 is 0 Å². The molecule has 7 nitrogen and oxygen atoms in total. The van der Waals surface area contributed by atoms with Gasteiger partial charge in [-0.25, -0.2) is 4.79 Å². The van der Waals surface area contributed by atoms with Crippen molar-refractivity contribution in [1.82, 2.24) is 10.2 Å². The van der Waals surface area contributed by atoms with E-state index in [0.717, 1.165) is 6.42 Å². The number of nitrogens with one attached hydrogen (secondary N) is 1. The third kappa shape index (κ3) is 3.43. The zero-order chi connectivity index (χ0) is 13.7. The summed E-state index contributed by atoms with van der Waals surface area (Å²) >= 11 is 0. The van der Waals surface area contributed by atoms with Crippen LogP contribution in [-0.2, 0) is 14.3 Å². The summed E-state index contributed by atoms with van der Waals surface area (Å²) in [6.07, 6.45) is 1.48. The fourth-order valence-corrected chi connectivity index (χ4v) is 2.12. The van der Waals surface area contributed by atoms with Gasteiger partial charge >= 0.3 is 12.0 Å². The fourth-order valence-electron chi connectivity index (χ4n) is 2.12. The van der Waals surface area contributed by atoms with Crippen LogP contribution in [0.25, 0.3) is 0 Å². The molecule has 0 aromatic rings. The van der Waals surface area contributed by atoms with E-state index < -0.39 is 24.0 Å². The predicted molar refractivity (Wildman–Crippen MR) is 63.5 cm³/mol. The summed E-state index contributed by atoms with van der Waals surface area (Å²) in [6, 6.07) is -1.90. The highest BCUT2D eigenvalue weighted by atomic mass is 16.5. The first kappa shape index (κ1) is 14.4. The highest BCUT2D eigenvalue weighted by Gasteiger charge is 2.37. The number of esters is 1. The number of hydrogen-bond donors (Lipinski definition) is 2. The molecule has 1 aliphatic rings. The Balaban J connectivity index is 2.65. The van der Waals surface area contributed by atoms with Gasteiger partial charge in [0.25, 0.3) is 0 Å². The molecule has 0 radical (unpaired) electrons. The smallest absolute Gasteiger partial charge is 0.323 e. The Bertz CT molecular complexity index is 345. The number of primary amides is 1. The summed E-state index contributed by atoms with van der Waals surface area (Å²) in [5.41, 5.74) is 4.89. The summed E-state index contributed by atoms with van der Waals surface area (Å²) in [7, 11) is 0. The first-order chi connectivity index (χ1) is 8.47. The number of ether oxygens (including phenoxy) is 1. The molecular weight excluding hydrogens is 238 g/mol. The van der Waals surface area contributed by atoms with Crippen LogP contribution in [0.15, 0.2) is 0 Å². The third-order valence-electron chi connectivity index (χ3n) is 2.98. The Morgan fingerprint density at radius 1 is 1.50 bits per heavy atom. The number of hydrogen-bond acceptors (Lipinski definition) is 5. The van der Waals surface area contributed by atoms with Crippen LogP contribution in [0.5, 0.6) is 0 Å². The number of likely N-dealkylation sites (tertiary alicyclic amines) is 1. The lowest BCUT2D eigenvalue weighted by Gasteiger charge is -2.27. The van der Waals surface area contributed by atoms with Crippen LogP contribution in [0.3, 0.4) is 0 Å². The van der Waals surface area contributed by atoms with Crippen LogP contribution in [0, 0.1) is 0 Å². The number of carbonyl (C=O) groups excluding carboxylic acids is 3. The molecular formula is C11H19N3O4. The molecule has 0 spiro atoms. The maximum atomic E-state index is 11.7. The van der Waals surface area contributed by atoms with Crippen LogP contribution < -0.4 is 11.1 Å². The standard InChI is InChI=1S/C11H19N3O4/c1-3-18-10(16)8-5-4-6-14(8)7(2)9(15)13-11(12)17/h7-8H,3-6H2,1-2H3,(H3,12,13,15,17). The summed E-state index contributed by atoms with van der Waals surface area (Å²) in [5, 5.41) is 2.02. The Labute approximate surface area is 106 Å². The molecule has 1 saturated heterocycles. The number of imide groups is 1. The first-order valence-corrected chi connectivity index (χ1v) is 6.00. The lowest BCUT2D eigenvalue weighted by molar-refractivity contribution is -0.149. The average molecular weight is 257 g/mol. The van der Waals surface area contributed by atoms with E-state index in [2.05, 4.69) is 0 Å². The minimum atomic E-state index is -0.890. The third-order valence-corrected chi connectivity index (χ3v) is 2.98. The van der Waals surface area contributed by atoms with Gasteiger partial charge in [0.1, 0.15) is 6.04 Å². The largest absolute Gasteiger partial charge is 0.465 e. The van der Waals surface area contributed by atoms with Gasteiger partial charge in [0.15, 0.2) is 0 Å². The predicted octanol–water partition coefficient (Wildman–Crippen LogP) is -0.403. The van der Waals surface area contributed by atoms with Crippen molar-refractivity contribution in [1.29, 1.82) is 0 Å². The number of carbonyl (C=O) groups is 3. The second kappa shape index (κ2) is 6.34. The Hall–Kier alpha value is -1.63. The summed E-state index contributed by atoms with van der Waals surface area (Å²) in [4.78, 5) is 35.7. The molecule has 2 atom stereocenters. The van der Waals surface area contributed by atoms with Gasteiger partial charge in [-0.05, 0) is 33.2 Å². The summed E-state index contributed by atoms with van der Waals surface area (Å²) in [6.45, 7) is 4.30. The molecule has 0 bridgehead atoms. The molecule has 3 amide bonds. The van der Waals surface area contributed by atoms with Crippen LogP contribution in [0.2, 0.25) is 0 Å². The molecule has 1 aliphatic heterocycles. The molecule has 102 valence electrons. The molecule has 1 fully saturated rings. The molecule has 0 aromatic heterocycles. The minimum absolute atomic E-state index is 0.311. The van der Waals surface area contributed by atoms with Crippen molar-refractivity contribution in [2.75, 3.05) is 13.2 Å². The van der Waals surface area contributed by atoms with E-state index in [0.29, 0.717) is 19.6 Å². The highest BCUT2D eigenvalue weighted by Crippen LogP contribution is 2.21. The number of nitrogens with zero attached hydrogens (tertiary/aromatic N) is 1. The molecule has 0 saturated carbocycles. The van der Waals surface area contributed by atoms with Crippen molar-refractivity contribution in [3.63, 3.8) is 0 Å². The van der Waals surface area contributed by atoms with E-state index in [4.69, 9.17) is 10.5 Å². The number of urea groups is 1. The van der Waals surface area contributed by atoms with Crippen molar-refractivity contribution in [2.24, 2.45) is 5.73 Å². The number of nitrogens with two attached hydrogens (primary N) is 1. The van der Waals surface area contributed by atoms with E-state index in [9.17, 15) is 14.4 Å². The zero-order valence-electron chi connectivity index (χ0n) is 10.6. The van der Waals surface area contributed by atoms with Gasteiger partial charge in [0.05, 0.1) is 12.6 Å². The van der Waals surface area contributed by atoms with Crippen molar-refractivity contribution in [3.8, 4) is 0 Å². The van der Waals surface area contributed by atoms with Crippen molar-refractivity contribution in [2.45, 2.75) is 38.8 Å². The van der Waals surface area contributed by atoms with Gasteiger partial charge in [0, 0.05) is 0 Å². The van der Waals surface area contributed by atoms with E-state index in [1.54, 1.807) is 18.7 Å². The second-order valence-electron chi connectivity index (χ2n) is 4.18. The SMILES string of the molecule is CCOC(=O)C1CCCN1C(C)C(=O)NC(N)=O. The van der Waals surface area contributed by atoms with Crippen LogP contribution in [-0.4, -0.2) is 48.0 Å². The molecule has 0 aromatic carbocycles. The molecule has 7 heteroatoms. The van der Waals surface area contributed by atoms with Gasteiger partial charge in [-0.15, -0.1) is 0 Å². The second-order valence-corrected chi connectivity index (χ2v) is 4.18. The van der Waals surface area contributed by atoms with Gasteiger partial charge in [-0.2, -0.15) is 0 Å². The molecule has 1 heterocycles. The molecule has 18 heavy (non-hydrogen) atoms. The quantitative estimate of drug-likeness (QED) is 0.667. The van der Waals surface area contributed by atoms with Gasteiger partial charge in [0.2, 0.25) is 5.91 Å². The Morgan fingerprint density at radius 2 is 2.17 bits per heavy atom. The van der Waals surface area contributed by atoms with E-state index in [1.165, 1.54) is 0 Å². The monoisotopic (exact) mass is 257 g/mol. The van der Waals surface area contributed by atoms with E-state index >= 15 is 0 Å². The minimum Gasteiger partial charge on any atom is -0.465 e. The number of rotatable bonds is 4. The van der Waals surface area contributed by atoms with E-state index in [-0.39, 0.29) is 5.97 Å². The summed E-state index contributed by atoms with van der Waals surface area (Å²) in [5.74, 6) is -0.826. The summed E-state index contributed by atoms with van der Waals surface area (Å²) < 4.78 is 4.96. The Kier molecular flexibility index (Phi) is 5.08. The van der Waals surface area contributed by atoms with Crippen molar-refractivity contribution < 1.29 is 19.1 Å².